The molecule has 5 nitrogen and oxygen atoms in total. The Hall–Kier alpha value is -2.79. The summed E-state index contributed by atoms with van der Waals surface area (Å²) in [6.45, 7) is 2.37. The minimum absolute atomic E-state index is 0.0383. The number of benzene rings is 2. The summed E-state index contributed by atoms with van der Waals surface area (Å²) >= 11 is 5.81. The standard InChI is InChI=1S/C19H19ClN2O3/c1-2-21-19(24)13-25-17-10-8-16(9-11-17)22-18(23)12-5-14-3-6-15(20)7-4-14/h3-12H,2,13H2,1H3,(H,21,24)(H,22,23)/b12-5+. The maximum atomic E-state index is 11.9. The summed E-state index contributed by atoms with van der Waals surface area (Å²) in [5, 5.41) is 6.05. The lowest BCUT2D eigenvalue weighted by Crippen LogP contribution is -2.28. The van der Waals surface area contributed by atoms with E-state index in [9.17, 15) is 9.59 Å². The monoisotopic (exact) mass is 358 g/mol. The van der Waals surface area contributed by atoms with Crippen molar-refractivity contribution in [2.24, 2.45) is 0 Å². The van der Waals surface area contributed by atoms with Crippen LogP contribution in [-0.2, 0) is 9.59 Å². The molecule has 0 radical (unpaired) electrons. The minimum Gasteiger partial charge on any atom is -0.484 e. The zero-order chi connectivity index (χ0) is 18.1. The second-order valence-electron chi connectivity index (χ2n) is 5.14. The van der Waals surface area contributed by atoms with Crippen molar-refractivity contribution in [3.8, 4) is 5.75 Å². The van der Waals surface area contributed by atoms with Crippen LogP contribution in [0.15, 0.2) is 54.6 Å². The number of carbonyl (C=O) groups is 2. The molecular weight excluding hydrogens is 340 g/mol. The molecule has 0 aliphatic rings. The molecule has 130 valence electrons. The average Bonchev–Trinajstić information content (AvgIpc) is 2.61. The topological polar surface area (TPSA) is 67.4 Å². The number of carbonyl (C=O) groups excluding carboxylic acids is 2. The van der Waals surface area contributed by atoms with Crippen LogP contribution in [0.2, 0.25) is 5.02 Å². The molecule has 0 fully saturated rings. The van der Waals surface area contributed by atoms with Gasteiger partial charge in [0, 0.05) is 23.3 Å². The Morgan fingerprint density at radius 3 is 2.40 bits per heavy atom. The van der Waals surface area contributed by atoms with Gasteiger partial charge < -0.3 is 15.4 Å². The summed E-state index contributed by atoms with van der Waals surface area (Å²) in [6.07, 6.45) is 3.15. The van der Waals surface area contributed by atoms with Crippen molar-refractivity contribution in [2.75, 3.05) is 18.5 Å². The third-order valence-electron chi connectivity index (χ3n) is 3.16. The fourth-order valence-corrected chi connectivity index (χ4v) is 2.09. The molecule has 2 amide bonds. The Morgan fingerprint density at radius 1 is 1.08 bits per heavy atom. The van der Waals surface area contributed by atoms with Gasteiger partial charge in [-0.25, -0.2) is 0 Å². The summed E-state index contributed by atoms with van der Waals surface area (Å²) in [7, 11) is 0. The third-order valence-corrected chi connectivity index (χ3v) is 3.41. The molecule has 0 spiro atoms. The van der Waals surface area contributed by atoms with E-state index < -0.39 is 0 Å². The van der Waals surface area contributed by atoms with Crippen LogP contribution in [0.5, 0.6) is 5.75 Å². The minimum atomic E-state index is -0.244. The number of hydrogen-bond acceptors (Lipinski definition) is 3. The fourth-order valence-electron chi connectivity index (χ4n) is 1.96. The molecule has 25 heavy (non-hydrogen) atoms. The highest BCUT2D eigenvalue weighted by Crippen LogP contribution is 2.16. The lowest BCUT2D eigenvalue weighted by molar-refractivity contribution is -0.123. The predicted octanol–water partition coefficient (Wildman–Crippen LogP) is 3.51. The quantitative estimate of drug-likeness (QED) is 0.744. The molecule has 0 unspecified atom stereocenters. The summed E-state index contributed by atoms with van der Waals surface area (Å²) in [4.78, 5) is 23.2. The van der Waals surface area contributed by atoms with E-state index in [-0.39, 0.29) is 18.4 Å². The number of nitrogens with one attached hydrogen (secondary N) is 2. The number of rotatable bonds is 7. The van der Waals surface area contributed by atoms with Crippen LogP contribution in [0.25, 0.3) is 6.08 Å². The average molecular weight is 359 g/mol. The molecule has 6 heteroatoms. The molecule has 0 aliphatic heterocycles. The maximum absolute atomic E-state index is 11.9. The van der Waals surface area contributed by atoms with Gasteiger partial charge in [0.1, 0.15) is 5.75 Å². The van der Waals surface area contributed by atoms with Crippen molar-refractivity contribution in [2.45, 2.75) is 6.92 Å². The van der Waals surface area contributed by atoms with Gasteiger partial charge >= 0.3 is 0 Å². The van der Waals surface area contributed by atoms with Gasteiger partial charge in [0.15, 0.2) is 6.61 Å². The molecule has 0 saturated carbocycles. The lowest BCUT2D eigenvalue weighted by atomic mass is 10.2. The predicted molar refractivity (Wildman–Crippen MR) is 99.7 cm³/mol. The van der Waals surface area contributed by atoms with Crippen molar-refractivity contribution in [1.29, 1.82) is 0 Å². The molecule has 0 aromatic heterocycles. The van der Waals surface area contributed by atoms with E-state index in [0.717, 1.165) is 5.56 Å². The SMILES string of the molecule is CCNC(=O)COc1ccc(NC(=O)/C=C/c2ccc(Cl)cc2)cc1. The molecule has 2 aromatic rings. The molecule has 2 N–H and O–H groups in total. The van der Waals surface area contributed by atoms with Crippen LogP contribution < -0.4 is 15.4 Å². The van der Waals surface area contributed by atoms with Crippen molar-refractivity contribution < 1.29 is 14.3 Å². The third kappa shape index (κ3) is 6.69. The first-order chi connectivity index (χ1) is 12.1. The molecule has 0 saturated heterocycles. The number of amides is 2. The summed E-state index contributed by atoms with van der Waals surface area (Å²) in [5.41, 5.74) is 1.52. The molecule has 0 bridgehead atoms. The largest absolute Gasteiger partial charge is 0.484 e. The molecular formula is C19H19ClN2O3. The summed E-state index contributed by atoms with van der Waals surface area (Å²) in [5.74, 6) is 0.138. The number of ether oxygens (including phenoxy) is 1. The molecule has 0 atom stereocenters. The highest BCUT2D eigenvalue weighted by Gasteiger charge is 2.02. The molecule has 2 rings (SSSR count). The maximum Gasteiger partial charge on any atom is 0.257 e. The van der Waals surface area contributed by atoms with Crippen molar-refractivity contribution in [1.82, 2.24) is 5.32 Å². The Bertz CT molecular complexity index is 740. The van der Waals surface area contributed by atoms with Crippen molar-refractivity contribution in [3.05, 3.63) is 65.2 Å². The molecule has 0 heterocycles. The number of halogens is 1. The van der Waals surface area contributed by atoms with Gasteiger partial charge in [0.05, 0.1) is 0 Å². The van der Waals surface area contributed by atoms with Gasteiger partial charge in [-0.2, -0.15) is 0 Å². The highest BCUT2D eigenvalue weighted by molar-refractivity contribution is 6.30. The first-order valence-corrected chi connectivity index (χ1v) is 8.19. The summed E-state index contributed by atoms with van der Waals surface area (Å²) < 4.78 is 5.35. The van der Waals surface area contributed by atoms with Gasteiger partial charge in [-0.1, -0.05) is 23.7 Å². The van der Waals surface area contributed by atoms with E-state index in [2.05, 4.69) is 10.6 Å². The smallest absolute Gasteiger partial charge is 0.257 e. The number of likely N-dealkylation sites (N-methyl/N-ethyl adjacent to an activating group) is 1. The van der Waals surface area contributed by atoms with Gasteiger partial charge in [-0.15, -0.1) is 0 Å². The fraction of sp³-hybridized carbons (Fsp3) is 0.158. The van der Waals surface area contributed by atoms with E-state index >= 15 is 0 Å². The van der Waals surface area contributed by atoms with E-state index in [1.54, 1.807) is 42.5 Å². The normalized spacial score (nSPS) is 10.5. The van der Waals surface area contributed by atoms with E-state index in [1.807, 2.05) is 19.1 Å². The van der Waals surface area contributed by atoms with Crippen LogP contribution in [-0.4, -0.2) is 25.0 Å². The Morgan fingerprint density at radius 2 is 1.76 bits per heavy atom. The summed E-state index contributed by atoms with van der Waals surface area (Å²) in [6, 6.07) is 14.0. The zero-order valence-corrected chi connectivity index (χ0v) is 14.5. The number of hydrogen-bond donors (Lipinski definition) is 2. The van der Waals surface area contributed by atoms with Crippen LogP contribution in [0.4, 0.5) is 5.69 Å². The van der Waals surface area contributed by atoms with Gasteiger partial charge in [-0.05, 0) is 55.0 Å². The lowest BCUT2D eigenvalue weighted by Gasteiger charge is -2.07. The van der Waals surface area contributed by atoms with Crippen LogP contribution in [0.3, 0.4) is 0 Å². The van der Waals surface area contributed by atoms with Crippen LogP contribution in [0, 0.1) is 0 Å². The first kappa shape index (κ1) is 18.5. The Kier molecular flexibility index (Phi) is 7.04. The Labute approximate surface area is 151 Å². The first-order valence-electron chi connectivity index (χ1n) is 7.81. The van der Waals surface area contributed by atoms with Gasteiger partial charge in [0.2, 0.25) is 5.91 Å². The van der Waals surface area contributed by atoms with Crippen LogP contribution >= 0.6 is 11.6 Å². The molecule has 2 aromatic carbocycles. The molecule has 0 aliphatic carbocycles. The number of anilines is 1. The Balaban J connectivity index is 1.84. The van der Waals surface area contributed by atoms with Gasteiger partial charge in [-0.3, -0.25) is 9.59 Å². The van der Waals surface area contributed by atoms with Crippen molar-refractivity contribution in [3.63, 3.8) is 0 Å². The van der Waals surface area contributed by atoms with Crippen molar-refractivity contribution >= 4 is 35.2 Å². The second kappa shape index (κ2) is 9.49. The van der Waals surface area contributed by atoms with Crippen LogP contribution in [0.1, 0.15) is 12.5 Å². The van der Waals surface area contributed by atoms with E-state index in [4.69, 9.17) is 16.3 Å². The zero-order valence-electron chi connectivity index (χ0n) is 13.8. The highest BCUT2D eigenvalue weighted by atomic mass is 35.5. The second-order valence-corrected chi connectivity index (χ2v) is 5.58. The van der Waals surface area contributed by atoms with Gasteiger partial charge in [0.25, 0.3) is 5.91 Å². The van der Waals surface area contributed by atoms with E-state index in [1.165, 1.54) is 6.08 Å². The van der Waals surface area contributed by atoms with E-state index in [0.29, 0.717) is 23.0 Å².